The van der Waals surface area contributed by atoms with Crippen LogP contribution in [0.3, 0.4) is 0 Å². The largest absolute Gasteiger partial charge is 0.392 e. The molecule has 2 unspecified atom stereocenters. The van der Waals surface area contributed by atoms with Crippen molar-refractivity contribution >= 4 is 0 Å². The van der Waals surface area contributed by atoms with Crippen LogP contribution in [0.4, 0.5) is 4.39 Å². The Morgan fingerprint density at radius 2 is 1.86 bits per heavy atom. The fourth-order valence-electron chi connectivity index (χ4n) is 1.85. The Labute approximate surface area is 85.9 Å². The van der Waals surface area contributed by atoms with Crippen LogP contribution in [-0.2, 0) is 0 Å². The molecular formula is C11H22FNO. The third-order valence-electron chi connectivity index (χ3n) is 3.23. The van der Waals surface area contributed by atoms with Gasteiger partial charge in [-0.3, -0.25) is 0 Å². The first kappa shape index (κ1) is 11.9. The second-order valence-corrected chi connectivity index (χ2v) is 4.56. The van der Waals surface area contributed by atoms with Crippen LogP contribution in [0.25, 0.3) is 0 Å². The van der Waals surface area contributed by atoms with E-state index in [1.807, 2.05) is 6.92 Å². The highest BCUT2D eigenvalue weighted by atomic mass is 19.1. The number of aliphatic hydroxyl groups excluding tert-OH is 1. The highest BCUT2D eigenvalue weighted by Crippen LogP contribution is 2.25. The molecule has 2 N–H and O–H groups in total. The predicted molar refractivity (Wildman–Crippen MR) is 56.0 cm³/mol. The zero-order valence-corrected chi connectivity index (χ0v) is 9.17. The first-order chi connectivity index (χ1) is 6.59. The smallest absolute Gasteiger partial charge is 0.100 e. The molecule has 1 aliphatic carbocycles. The Bertz CT molecular complexity index is 155. The maximum absolute atomic E-state index is 12.8. The normalized spacial score (nSPS) is 32.6. The molecule has 0 radical (unpaired) electrons. The molecule has 0 aliphatic heterocycles. The number of aliphatic hydroxyl groups is 1. The van der Waals surface area contributed by atoms with Crippen molar-refractivity contribution in [2.24, 2.45) is 5.92 Å². The number of halogens is 1. The SMILES string of the molecule is CC(O)C(C)NCC1CCC(F)CC1. The maximum Gasteiger partial charge on any atom is 0.100 e. The average molecular weight is 203 g/mol. The molecule has 84 valence electrons. The van der Waals surface area contributed by atoms with Crippen LogP contribution in [0.2, 0.25) is 0 Å². The molecule has 14 heavy (non-hydrogen) atoms. The van der Waals surface area contributed by atoms with Crippen molar-refractivity contribution in [3.63, 3.8) is 0 Å². The Balaban J connectivity index is 2.13. The summed E-state index contributed by atoms with van der Waals surface area (Å²) in [4.78, 5) is 0. The van der Waals surface area contributed by atoms with Crippen LogP contribution in [0, 0.1) is 5.92 Å². The molecule has 3 heteroatoms. The second kappa shape index (κ2) is 5.66. The lowest BCUT2D eigenvalue weighted by atomic mass is 9.88. The topological polar surface area (TPSA) is 32.3 Å². The molecule has 1 fully saturated rings. The van der Waals surface area contributed by atoms with Gasteiger partial charge in [0.25, 0.3) is 0 Å². The predicted octanol–water partition coefficient (Wildman–Crippen LogP) is 1.87. The Kier molecular flexibility index (Phi) is 4.82. The van der Waals surface area contributed by atoms with Gasteiger partial charge < -0.3 is 10.4 Å². The molecule has 1 saturated carbocycles. The molecule has 1 rings (SSSR count). The third-order valence-corrected chi connectivity index (χ3v) is 3.23. The number of nitrogens with one attached hydrogen (secondary N) is 1. The zero-order chi connectivity index (χ0) is 10.6. The number of hydrogen-bond acceptors (Lipinski definition) is 2. The number of rotatable bonds is 4. The van der Waals surface area contributed by atoms with Crippen LogP contribution in [0.1, 0.15) is 39.5 Å². The summed E-state index contributed by atoms with van der Waals surface area (Å²) >= 11 is 0. The molecule has 1 aliphatic rings. The van der Waals surface area contributed by atoms with E-state index in [9.17, 15) is 9.50 Å². The summed E-state index contributed by atoms with van der Waals surface area (Å²) in [6, 6.07) is 0.137. The molecule has 0 saturated heterocycles. The van der Waals surface area contributed by atoms with Gasteiger partial charge in [-0.05, 0) is 52.0 Å². The average Bonchev–Trinajstić information content (AvgIpc) is 2.16. The minimum Gasteiger partial charge on any atom is -0.392 e. The van der Waals surface area contributed by atoms with Crippen molar-refractivity contribution in [1.82, 2.24) is 5.32 Å². The third kappa shape index (κ3) is 3.93. The van der Waals surface area contributed by atoms with Gasteiger partial charge in [0.15, 0.2) is 0 Å². The highest BCUT2D eigenvalue weighted by Gasteiger charge is 2.21. The standard InChI is InChI=1S/C11H22FNO/c1-8(9(2)14)13-7-10-3-5-11(12)6-4-10/h8-11,13-14H,3-7H2,1-2H3. The van der Waals surface area contributed by atoms with Gasteiger partial charge >= 0.3 is 0 Å². The number of alkyl halides is 1. The van der Waals surface area contributed by atoms with Crippen molar-refractivity contribution in [3.8, 4) is 0 Å². The summed E-state index contributed by atoms with van der Waals surface area (Å²) in [7, 11) is 0. The van der Waals surface area contributed by atoms with Gasteiger partial charge in [0, 0.05) is 6.04 Å². The Morgan fingerprint density at radius 3 is 2.36 bits per heavy atom. The van der Waals surface area contributed by atoms with E-state index in [0.717, 1.165) is 32.2 Å². The highest BCUT2D eigenvalue weighted by molar-refractivity contribution is 4.75. The quantitative estimate of drug-likeness (QED) is 0.731. The van der Waals surface area contributed by atoms with Crippen LogP contribution in [-0.4, -0.2) is 30.0 Å². The van der Waals surface area contributed by atoms with Gasteiger partial charge in [-0.15, -0.1) is 0 Å². The van der Waals surface area contributed by atoms with Gasteiger partial charge in [-0.2, -0.15) is 0 Å². The molecule has 0 aromatic rings. The van der Waals surface area contributed by atoms with Crippen LogP contribution in [0.15, 0.2) is 0 Å². The van der Waals surface area contributed by atoms with Gasteiger partial charge in [-0.25, -0.2) is 4.39 Å². The lowest BCUT2D eigenvalue weighted by Gasteiger charge is -2.26. The van der Waals surface area contributed by atoms with Gasteiger partial charge in [-0.1, -0.05) is 0 Å². The van der Waals surface area contributed by atoms with E-state index in [4.69, 9.17) is 0 Å². The molecule has 0 aromatic carbocycles. The summed E-state index contributed by atoms with van der Waals surface area (Å²) in [6.07, 6.45) is 2.53. The van der Waals surface area contributed by atoms with Gasteiger partial charge in [0.1, 0.15) is 6.17 Å². The Morgan fingerprint density at radius 1 is 1.29 bits per heavy atom. The fraction of sp³-hybridized carbons (Fsp3) is 1.00. The van der Waals surface area contributed by atoms with E-state index in [-0.39, 0.29) is 12.1 Å². The molecule has 0 heterocycles. The molecule has 0 amide bonds. The minimum atomic E-state index is -0.569. The fourth-order valence-corrected chi connectivity index (χ4v) is 1.85. The van der Waals surface area contributed by atoms with E-state index in [0.29, 0.717) is 5.92 Å². The van der Waals surface area contributed by atoms with Crippen molar-refractivity contribution in [2.75, 3.05) is 6.54 Å². The van der Waals surface area contributed by atoms with Crippen molar-refractivity contribution in [1.29, 1.82) is 0 Å². The Hall–Kier alpha value is -0.150. The summed E-state index contributed by atoms with van der Waals surface area (Å²) in [5, 5.41) is 12.6. The minimum absolute atomic E-state index is 0.137. The van der Waals surface area contributed by atoms with Gasteiger partial charge in [0.05, 0.1) is 6.10 Å². The second-order valence-electron chi connectivity index (χ2n) is 4.56. The molecule has 2 nitrogen and oxygen atoms in total. The van der Waals surface area contributed by atoms with Crippen molar-refractivity contribution < 1.29 is 9.50 Å². The van der Waals surface area contributed by atoms with Crippen molar-refractivity contribution in [3.05, 3.63) is 0 Å². The van der Waals surface area contributed by atoms with Crippen LogP contribution in [0.5, 0.6) is 0 Å². The summed E-state index contributed by atoms with van der Waals surface area (Å²) in [6.45, 7) is 4.68. The maximum atomic E-state index is 12.8. The van der Waals surface area contributed by atoms with Gasteiger partial charge in [0.2, 0.25) is 0 Å². The molecule has 0 aromatic heterocycles. The van der Waals surface area contributed by atoms with E-state index in [1.165, 1.54) is 0 Å². The van der Waals surface area contributed by atoms with E-state index in [2.05, 4.69) is 5.32 Å². The number of hydrogen-bond donors (Lipinski definition) is 2. The summed E-state index contributed by atoms with van der Waals surface area (Å²) < 4.78 is 12.8. The van der Waals surface area contributed by atoms with E-state index >= 15 is 0 Å². The van der Waals surface area contributed by atoms with E-state index < -0.39 is 6.17 Å². The molecule has 2 atom stereocenters. The molecular weight excluding hydrogens is 181 g/mol. The monoisotopic (exact) mass is 203 g/mol. The summed E-state index contributed by atoms with van der Waals surface area (Å²) in [5.41, 5.74) is 0. The lowest BCUT2D eigenvalue weighted by Crippen LogP contribution is -2.39. The molecule has 0 spiro atoms. The summed E-state index contributed by atoms with van der Waals surface area (Å²) in [5.74, 6) is 0.600. The first-order valence-corrected chi connectivity index (χ1v) is 5.65. The van der Waals surface area contributed by atoms with E-state index in [1.54, 1.807) is 6.92 Å². The van der Waals surface area contributed by atoms with Crippen molar-refractivity contribution in [2.45, 2.75) is 57.8 Å². The van der Waals surface area contributed by atoms with Crippen LogP contribution < -0.4 is 5.32 Å². The zero-order valence-electron chi connectivity index (χ0n) is 9.17. The van der Waals surface area contributed by atoms with Crippen LogP contribution >= 0.6 is 0 Å². The first-order valence-electron chi connectivity index (χ1n) is 5.65. The lowest BCUT2D eigenvalue weighted by molar-refractivity contribution is 0.143. The molecule has 0 bridgehead atoms.